The minimum absolute atomic E-state index is 0.270. The summed E-state index contributed by atoms with van der Waals surface area (Å²) in [5, 5.41) is 12.2. The molecule has 1 fully saturated rings. The monoisotopic (exact) mass is 466 g/mol. The number of anilines is 3. The van der Waals surface area contributed by atoms with Gasteiger partial charge in [0.2, 0.25) is 0 Å². The van der Waals surface area contributed by atoms with Gasteiger partial charge in [-0.15, -0.1) is 9.73 Å². The molecule has 0 spiro atoms. The Bertz CT molecular complexity index is 1280. The number of hydrogen-bond acceptors (Lipinski definition) is 10. The van der Waals surface area contributed by atoms with E-state index in [1.807, 2.05) is 25.1 Å². The topological polar surface area (TPSA) is 140 Å². The standard InChI is InChI=1S/C22H26N8O4/c1-12-8-14-9-17(21(33-3)27-30(14)26-12)29-18(34-22(32)19(23)31)10-15-16(4-5-25-20(15)29)28-7-6-24-13(2)11-28/h4-5,8-9,13,18,24H,6-7,10-11H2,1-3H3,(H2,23,31)/t13-,18?/m1/s1. The highest BCUT2D eigenvalue weighted by atomic mass is 16.6. The van der Waals surface area contributed by atoms with Gasteiger partial charge in [0.15, 0.2) is 6.23 Å². The lowest BCUT2D eigenvalue weighted by molar-refractivity contribution is -0.157. The molecule has 2 atom stereocenters. The van der Waals surface area contributed by atoms with E-state index in [0.717, 1.165) is 42.1 Å². The predicted octanol–water partition coefficient (Wildman–Crippen LogP) is 0.288. The summed E-state index contributed by atoms with van der Waals surface area (Å²) in [6, 6.07) is 6.01. The van der Waals surface area contributed by atoms with Gasteiger partial charge in [-0.05, 0) is 32.0 Å². The number of carbonyl (C=O) groups excluding carboxylic acids is 2. The summed E-state index contributed by atoms with van der Waals surface area (Å²) in [7, 11) is 1.50. The molecule has 0 aliphatic carbocycles. The fourth-order valence-electron chi connectivity index (χ4n) is 4.61. The van der Waals surface area contributed by atoms with Gasteiger partial charge in [-0.1, -0.05) is 0 Å². The van der Waals surface area contributed by atoms with Crippen LogP contribution in [0.1, 0.15) is 18.2 Å². The molecular weight excluding hydrogens is 440 g/mol. The molecule has 12 heteroatoms. The van der Waals surface area contributed by atoms with Gasteiger partial charge in [0.05, 0.1) is 18.3 Å². The summed E-state index contributed by atoms with van der Waals surface area (Å²) in [6.45, 7) is 6.52. The number of aromatic nitrogens is 4. The van der Waals surface area contributed by atoms with Crippen molar-refractivity contribution in [2.45, 2.75) is 32.5 Å². The number of fused-ring (bicyclic) bond motifs is 2. The molecule has 0 radical (unpaired) electrons. The molecule has 34 heavy (non-hydrogen) atoms. The van der Waals surface area contributed by atoms with E-state index >= 15 is 0 Å². The summed E-state index contributed by atoms with van der Waals surface area (Å²) < 4.78 is 12.6. The summed E-state index contributed by atoms with van der Waals surface area (Å²) in [4.78, 5) is 32.4. The van der Waals surface area contributed by atoms with Crippen molar-refractivity contribution >= 4 is 34.6 Å². The highest BCUT2D eigenvalue weighted by Gasteiger charge is 2.40. The Morgan fingerprint density at radius 2 is 2.06 bits per heavy atom. The van der Waals surface area contributed by atoms with Gasteiger partial charge in [-0.3, -0.25) is 9.69 Å². The van der Waals surface area contributed by atoms with Crippen molar-refractivity contribution in [3.8, 4) is 5.88 Å². The van der Waals surface area contributed by atoms with Crippen LogP contribution in [0.25, 0.3) is 5.52 Å². The molecule has 3 aromatic heterocycles. The van der Waals surface area contributed by atoms with E-state index in [1.165, 1.54) is 11.7 Å². The van der Waals surface area contributed by atoms with Gasteiger partial charge in [0.1, 0.15) is 11.5 Å². The number of methoxy groups -OCH3 is 1. The molecule has 12 nitrogen and oxygen atoms in total. The number of rotatable bonds is 4. The van der Waals surface area contributed by atoms with E-state index in [-0.39, 0.29) is 5.88 Å². The quantitative estimate of drug-likeness (QED) is 0.407. The number of carbonyl (C=O) groups is 2. The van der Waals surface area contributed by atoms with Crippen LogP contribution in [0.15, 0.2) is 24.4 Å². The van der Waals surface area contributed by atoms with E-state index in [0.29, 0.717) is 24.0 Å². The molecule has 3 N–H and O–H groups in total. The lowest BCUT2D eigenvalue weighted by atomic mass is 10.1. The van der Waals surface area contributed by atoms with Crippen molar-refractivity contribution in [1.29, 1.82) is 0 Å². The SMILES string of the molecule is COc1nn2nc(C)cc2cc1N1c2nccc(N3CCN[C@H](C)C3)c2CC1OC(=O)C(N)=O. The number of ether oxygens (including phenoxy) is 2. The first kappa shape index (κ1) is 21.9. The maximum atomic E-state index is 12.2. The maximum absolute atomic E-state index is 12.2. The third-order valence-corrected chi connectivity index (χ3v) is 6.04. The number of nitrogens with zero attached hydrogens (tertiary/aromatic N) is 6. The Morgan fingerprint density at radius 3 is 2.79 bits per heavy atom. The average Bonchev–Trinajstić information content (AvgIpc) is 3.36. The number of amides is 1. The molecule has 0 aromatic carbocycles. The summed E-state index contributed by atoms with van der Waals surface area (Å²) in [5.74, 6) is -1.40. The smallest absolute Gasteiger partial charge is 0.398 e. The molecule has 1 saturated heterocycles. The van der Waals surface area contributed by atoms with Crippen LogP contribution in [0, 0.1) is 6.92 Å². The van der Waals surface area contributed by atoms with Gasteiger partial charge >= 0.3 is 11.9 Å². The average molecular weight is 467 g/mol. The minimum Gasteiger partial charge on any atom is -0.478 e. The lowest BCUT2D eigenvalue weighted by Crippen LogP contribution is -2.49. The molecule has 1 unspecified atom stereocenters. The first-order chi connectivity index (χ1) is 16.4. The van der Waals surface area contributed by atoms with Crippen molar-refractivity contribution in [3.63, 3.8) is 0 Å². The van der Waals surface area contributed by atoms with Crippen molar-refractivity contribution in [1.82, 2.24) is 25.1 Å². The molecular formula is C22H26N8O4. The number of nitrogens with one attached hydrogen (secondary N) is 1. The van der Waals surface area contributed by atoms with Crippen molar-refractivity contribution < 1.29 is 19.1 Å². The van der Waals surface area contributed by atoms with Crippen LogP contribution in [0.3, 0.4) is 0 Å². The highest BCUT2D eigenvalue weighted by Crippen LogP contribution is 2.44. The highest BCUT2D eigenvalue weighted by molar-refractivity contribution is 6.31. The zero-order valence-corrected chi connectivity index (χ0v) is 19.2. The van der Waals surface area contributed by atoms with Gasteiger partial charge in [0.25, 0.3) is 5.88 Å². The maximum Gasteiger partial charge on any atom is 0.398 e. The van der Waals surface area contributed by atoms with Gasteiger partial charge in [-0.25, -0.2) is 9.78 Å². The molecule has 178 valence electrons. The Kier molecular flexibility index (Phi) is 5.44. The zero-order chi connectivity index (χ0) is 24.0. The lowest BCUT2D eigenvalue weighted by Gasteiger charge is -2.34. The van der Waals surface area contributed by atoms with E-state index in [9.17, 15) is 9.59 Å². The predicted molar refractivity (Wildman–Crippen MR) is 123 cm³/mol. The van der Waals surface area contributed by atoms with Crippen LogP contribution in [0.5, 0.6) is 5.88 Å². The molecule has 3 aromatic rings. The third-order valence-electron chi connectivity index (χ3n) is 6.04. The Labute approximate surface area is 195 Å². The number of nitrogens with two attached hydrogens (primary N) is 1. The van der Waals surface area contributed by atoms with Crippen LogP contribution >= 0.6 is 0 Å². The zero-order valence-electron chi connectivity index (χ0n) is 19.2. The summed E-state index contributed by atoms with van der Waals surface area (Å²) in [6.07, 6.45) is 1.20. The van der Waals surface area contributed by atoms with Crippen LogP contribution in [0.2, 0.25) is 0 Å². The first-order valence-electron chi connectivity index (χ1n) is 11.0. The second-order valence-electron chi connectivity index (χ2n) is 8.47. The minimum atomic E-state index is -1.16. The molecule has 5 rings (SSSR count). The van der Waals surface area contributed by atoms with Crippen molar-refractivity contribution in [2.24, 2.45) is 5.73 Å². The van der Waals surface area contributed by atoms with E-state index in [4.69, 9.17) is 15.2 Å². The normalized spacial score (nSPS) is 19.9. The number of aryl methyl sites for hydroxylation is 1. The summed E-state index contributed by atoms with van der Waals surface area (Å²) >= 11 is 0. The Balaban J connectivity index is 1.64. The van der Waals surface area contributed by atoms with E-state index in [1.54, 1.807) is 11.1 Å². The second kappa shape index (κ2) is 8.45. The third kappa shape index (κ3) is 3.75. The molecule has 0 saturated carbocycles. The fraction of sp³-hybridized carbons (Fsp3) is 0.409. The molecule has 5 heterocycles. The van der Waals surface area contributed by atoms with Gasteiger partial charge in [-0.2, -0.15) is 5.10 Å². The van der Waals surface area contributed by atoms with Gasteiger partial charge < -0.3 is 25.4 Å². The number of pyridine rings is 1. The fourth-order valence-corrected chi connectivity index (χ4v) is 4.61. The van der Waals surface area contributed by atoms with Crippen LogP contribution in [0.4, 0.5) is 17.2 Å². The van der Waals surface area contributed by atoms with E-state index in [2.05, 4.69) is 32.3 Å². The number of esters is 1. The van der Waals surface area contributed by atoms with Gasteiger partial charge in [0, 0.05) is 49.5 Å². The van der Waals surface area contributed by atoms with Crippen LogP contribution in [-0.4, -0.2) is 70.7 Å². The Morgan fingerprint density at radius 1 is 1.24 bits per heavy atom. The van der Waals surface area contributed by atoms with Crippen LogP contribution < -0.4 is 25.6 Å². The summed E-state index contributed by atoms with van der Waals surface area (Å²) in [5.41, 5.74) is 9.16. The number of piperazine rings is 1. The van der Waals surface area contributed by atoms with Crippen molar-refractivity contribution in [2.75, 3.05) is 36.5 Å². The van der Waals surface area contributed by atoms with Crippen LogP contribution in [-0.2, 0) is 20.7 Å². The van der Waals surface area contributed by atoms with E-state index < -0.39 is 18.1 Å². The second-order valence-corrected chi connectivity index (χ2v) is 8.47. The molecule has 2 aliphatic heterocycles. The molecule has 2 aliphatic rings. The molecule has 1 amide bonds. The van der Waals surface area contributed by atoms with Crippen molar-refractivity contribution in [3.05, 3.63) is 35.7 Å². The Hall–Kier alpha value is -3.93. The largest absolute Gasteiger partial charge is 0.478 e. The molecule has 0 bridgehead atoms. The first-order valence-corrected chi connectivity index (χ1v) is 11.0. The number of primary amides is 1. The number of hydrogen-bond donors (Lipinski definition) is 2.